The van der Waals surface area contributed by atoms with E-state index in [1.807, 2.05) is 49.4 Å². The quantitative estimate of drug-likeness (QED) is 0.359. The topological polar surface area (TPSA) is 51.2 Å². The number of hydrogen-bond acceptors (Lipinski definition) is 4. The fourth-order valence-corrected chi connectivity index (χ4v) is 4.73. The molecule has 1 aromatic heterocycles. The van der Waals surface area contributed by atoms with Crippen LogP contribution in [0.15, 0.2) is 60.7 Å². The van der Waals surface area contributed by atoms with Crippen LogP contribution < -0.4 is 10.1 Å². The number of aromatic nitrogens is 1. The molecule has 0 atom stereocenters. The van der Waals surface area contributed by atoms with Crippen LogP contribution in [-0.4, -0.2) is 17.5 Å². The van der Waals surface area contributed by atoms with Gasteiger partial charge in [0, 0.05) is 17.1 Å². The van der Waals surface area contributed by atoms with Gasteiger partial charge in [0.25, 0.3) is 5.91 Å². The van der Waals surface area contributed by atoms with Gasteiger partial charge in [-0.15, -0.1) is 11.3 Å². The average Bonchev–Trinajstić information content (AvgIpc) is 3.11. The van der Waals surface area contributed by atoms with E-state index >= 15 is 0 Å². The fraction of sp³-hybridized carbons (Fsp3) is 0.130. The van der Waals surface area contributed by atoms with E-state index in [1.54, 1.807) is 23.5 Å². The van der Waals surface area contributed by atoms with E-state index in [0.717, 1.165) is 28.1 Å². The molecule has 0 spiro atoms. The summed E-state index contributed by atoms with van der Waals surface area (Å²) in [6.07, 6.45) is 0.755. The van der Waals surface area contributed by atoms with E-state index in [9.17, 15) is 4.79 Å². The summed E-state index contributed by atoms with van der Waals surface area (Å²) in [5, 5.41) is 4.80. The highest BCUT2D eigenvalue weighted by Crippen LogP contribution is 2.31. The normalized spacial score (nSPS) is 10.9. The first-order valence-electron chi connectivity index (χ1n) is 9.29. The number of nitrogens with zero attached hydrogens (tertiary/aromatic N) is 1. The lowest BCUT2D eigenvalue weighted by Crippen LogP contribution is -2.20. The van der Waals surface area contributed by atoms with E-state index in [1.165, 1.54) is 4.70 Å². The zero-order valence-corrected chi connectivity index (χ0v) is 18.4. The van der Waals surface area contributed by atoms with Gasteiger partial charge in [0.2, 0.25) is 0 Å². The maximum absolute atomic E-state index is 12.2. The van der Waals surface area contributed by atoms with Gasteiger partial charge in [0.15, 0.2) is 6.61 Å². The largest absolute Gasteiger partial charge is 0.482 e. The number of anilines is 1. The molecule has 3 aromatic carbocycles. The lowest BCUT2D eigenvalue weighted by molar-refractivity contribution is -0.118. The van der Waals surface area contributed by atoms with Gasteiger partial charge in [-0.2, -0.15) is 0 Å². The number of hydrogen-bond donors (Lipinski definition) is 1. The number of nitrogens with one attached hydrogen (secondary N) is 1. The van der Waals surface area contributed by atoms with Crippen molar-refractivity contribution in [3.05, 3.63) is 86.8 Å². The maximum atomic E-state index is 12.2. The van der Waals surface area contributed by atoms with Crippen LogP contribution in [0.3, 0.4) is 0 Å². The molecular weight excluding hydrogens is 439 g/mol. The molecule has 1 amide bonds. The number of carbonyl (C=O) groups is 1. The minimum Gasteiger partial charge on any atom is -0.482 e. The number of thiazole rings is 1. The second-order valence-corrected chi connectivity index (χ2v) is 8.78. The Morgan fingerprint density at radius 3 is 2.60 bits per heavy atom. The number of rotatable bonds is 6. The van der Waals surface area contributed by atoms with Gasteiger partial charge < -0.3 is 10.1 Å². The van der Waals surface area contributed by atoms with Crippen molar-refractivity contribution in [1.82, 2.24) is 4.98 Å². The van der Waals surface area contributed by atoms with Crippen molar-refractivity contribution in [2.24, 2.45) is 0 Å². The van der Waals surface area contributed by atoms with Crippen molar-refractivity contribution in [3.63, 3.8) is 0 Å². The van der Waals surface area contributed by atoms with Gasteiger partial charge in [-0.05, 0) is 54.4 Å². The molecule has 0 unspecified atom stereocenters. The molecule has 4 aromatic rings. The van der Waals surface area contributed by atoms with Crippen LogP contribution in [0.25, 0.3) is 10.2 Å². The molecule has 0 radical (unpaired) electrons. The molecule has 30 heavy (non-hydrogen) atoms. The lowest BCUT2D eigenvalue weighted by atomic mass is 10.1. The third kappa shape index (κ3) is 4.93. The zero-order chi connectivity index (χ0) is 21.1. The second-order valence-electron chi connectivity index (χ2n) is 6.82. The van der Waals surface area contributed by atoms with Crippen LogP contribution in [-0.2, 0) is 11.2 Å². The monoisotopic (exact) mass is 456 g/mol. The van der Waals surface area contributed by atoms with Gasteiger partial charge in [-0.25, -0.2) is 4.98 Å². The fourth-order valence-electron chi connectivity index (χ4n) is 3.08. The first kappa shape index (κ1) is 20.7. The number of para-hydroxylation sites is 1. The first-order chi connectivity index (χ1) is 14.5. The molecule has 0 fully saturated rings. The van der Waals surface area contributed by atoms with Crippen molar-refractivity contribution in [1.29, 1.82) is 0 Å². The number of fused-ring (bicyclic) bond motifs is 1. The first-order valence-corrected chi connectivity index (χ1v) is 10.9. The Morgan fingerprint density at radius 1 is 1.10 bits per heavy atom. The SMILES string of the molecule is Cc1cc(Cl)cc(Cl)c1OCC(=O)Nc1ccc(Cc2nc3ccccc3s2)cc1. The van der Waals surface area contributed by atoms with Gasteiger partial charge in [-0.3, -0.25) is 4.79 Å². The lowest BCUT2D eigenvalue weighted by Gasteiger charge is -2.12. The van der Waals surface area contributed by atoms with E-state index in [-0.39, 0.29) is 12.5 Å². The summed E-state index contributed by atoms with van der Waals surface area (Å²) in [6.45, 7) is 1.69. The van der Waals surface area contributed by atoms with Crippen LogP contribution in [0.2, 0.25) is 10.0 Å². The molecule has 4 nitrogen and oxygen atoms in total. The predicted molar refractivity (Wildman–Crippen MR) is 124 cm³/mol. The molecular formula is C23H18Cl2N2O2S. The summed E-state index contributed by atoms with van der Waals surface area (Å²) in [6, 6.07) is 19.2. The van der Waals surface area contributed by atoms with Gasteiger partial charge in [0.1, 0.15) is 5.75 Å². The highest BCUT2D eigenvalue weighted by molar-refractivity contribution is 7.18. The molecule has 0 saturated heterocycles. The van der Waals surface area contributed by atoms with Crippen molar-refractivity contribution >= 4 is 56.3 Å². The Bertz CT molecular complexity index is 1150. The summed E-state index contributed by atoms with van der Waals surface area (Å²) in [5.74, 6) is 0.196. The van der Waals surface area contributed by atoms with Gasteiger partial charge in [-0.1, -0.05) is 47.5 Å². The highest BCUT2D eigenvalue weighted by atomic mass is 35.5. The Balaban J connectivity index is 1.34. The number of benzene rings is 3. The van der Waals surface area contributed by atoms with E-state index in [4.69, 9.17) is 27.9 Å². The highest BCUT2D eigenvalue weighted by Gasteiger charge is 2.11. The molecule has 4 rings (SSSR count). The molecule has 7 heteroatoms. The molecule has 1 heterocycles. The third-order valence-electron chi connectivity index (χ3n) is 4.47. The molecule has 152 valence electrons. The van der Waals surface area contributed by atoms with Crippen LogP contribution in [0, 0.1) is 6.92 Å². The van der Waals surface area contributed by atoms with Crippen LogP contribution in [0.4, 0.5) is 5.69 Å². The predicted octanol–water partition coefficient (Wildman–Crippen LogP) is 6.52. The number of aryl methyl sites for hydroxylation is 1. The smallest absolute Gasteiger partial charge is 0.262 e. The van der Waals surface area contributed by atoms with Crippen molar-refractivity contribution in [2.75, 3.05) is 11.9 Å². The Morgan fingerprint density at radius 2 is 1.87 bits per heavy atom. The van der Waals surface area contributed by atoms with E-state index < -0.39 is 0 Å². The third-order valence-corrected chi connectivity index (χ3v) is 6.01. The summed E-state index contributed by atoms with van der Waals surface area (Å²) < 4.78 is 6.77. The van der Waals surface area contributed by atoms with E-state index in [0.29, 0.717) is 21.5 Å². The Labute approximate surface area is 188 Å². The standard InChI is InChI=1S/C23H18Cl2N2O2S/c1-14-10-16(24)12-18(25)23(14)29-13-21(28)26-17-8-6-15(7-9-17)11-22-27-19-4-2-3-5-20(19)30-22/h2-10,12H,11,13H2,1H3,(H,26,28). The number of carbonyl (C=O) groups excluding carboxylic acids is 1. The summed E-state index contributed by atoms with van der Waals surface area (Å²) >= 11 is 13.8. The van der Waals surface area contributed by atoms with Crippen LogP contribution >= 0.6 is 34.5 Å². The average molecular weight is 457 g/mol. The van der Waals surface area contributed by atoms with Gasteiger partial charge >= 0.3 is 0 Å². The molecule has 0 aliphatic heterocycles. The zero-order valence-electron chi connectivity index (χ0n) is 16.1. The van der Waals surface area contributed by atoms with Crippen LogP contribution in [0.5, 0.6) is 5.75 Å². The number of halogens is 2. The number of ether oxygens (including phenoxy) is 1. The molecule has 0 aliphatic rings. The van der Waals surface area contributed by atoms with Crippen molar-refractivity contribution < 1.29 is 9.53 Å². The molecule has 0 bridgehead atoms. The van der Waals surface area contributed by atoms with Crippen LogP contribution in [0.1, 0.15) is 16.1 Å². The Hall–Kier alpha value is -2.60. The van der Waals surface area contributed by atoms with Crippen molar-refractivity contribution in [2.45, 2.75) is 13.3 Å². The summed E-state index contributed by atoms with van der Waals surface area (Å²) in [7, 11) is 0. The van der Waals surface area contributed by atoms with E-state index in [2.05, 4.69) is 16.4 Å². The number of amides is 1. The summed E-state index contributed by atoms with van der Waals surface area (Å²) in [5.41, 5.74) is 3.64. The molecule has 0 saturated carbocycles. The Kier molecular flexibility index (Phi) is 6.23. The molecule has 0 aliphatic carbocycles. The maximum Gasteiger partial charge on any atom is 0.262 e. The summed E-state index contributed by atoms with van der Waals surface area (Å²) in [4.78, 5) is 16.9. The second kappa shape index (κ2) is 9.04. The molecule has 1 N–H and O–H groups in total. The van der Waals surface area contributed by atoms with Gasteiger partial charge in [0.05, 0.1) is 20.2 Å². The van der Waals surface area contributed by atoms with Crippen molar-refractivity contribution in [3.8, 4) is 5.75 Å². The minimum atomic E-state index is -0.265. The minimum absolute atomic E-state index is 0.143.